The van der Waals surface area contributed by atoms with Gasteiger partial charge in [-0.15, -0.1) is 0 Å². The highest BCUT2D eigenvalue weighted by Crippen LogP contribution is 2.36. The average molecular weight is 419 g/mol. The number of aliphatic hydroxyl groups excluding tert-OH is 1. The SMILES string of the molecule is Cc1cc(C(O)C(Cl)(Cl)NC(=O)c2cncnc2)cc(C)c1Br. The minimum absolute atomic E-state index is 0.188. The Hall–Kier alpha value is -1.21. The largest absolute Gasteiger partial charge is 0.383 e. The maximum Gasteiger partial charge on any atom is 0.256 e. The Balaban J connectivity index is 2.23. The van der Waals surface area contributed by atoms with Gasteiger partial charge in [0, 0.05) is 16.9 Å². The van der Waals surface area contributed by atoms with Gasteiger partial charge in [0.15, 0.2) is 0 Å². The summed E-state index contributed by atoms with van der Waals surface area (Å²) in [6.45, 7) is 3.77. The lowest BCUT2D eigenvalue weighted by atomic mass is 10.0. The van der Waals surface area contributed by atoms with E-state index in [1.165, 1.54) is 18.7 Å². The molecule has 1 atom stereocenters. The van der Waals surface area contributed by atoms with Gasteiger partial charge in [-0.3, -0.25) is 4.79 Å². The lowest BCUT2D eigenvalue weighted by Gasteiger charge is -2.27. The molecule has 1 aromatic carbocycles. The lowest BCUT2D eigenvalue weighted by Crippen LogP contribution is -2.44. The van der Waals surface area contributed by atoms with Gasteiger partial charge in [-0.05, 0) is 30.5 Å². The topological polar surface area (TPSA) is 75.1 Å². The average Bonchev–Trinajstić information content (AvgIpc) is 2.51. The molecule has 0 aliphatic heterocycles. The Bertz CT molecular complexity index is 703. The van der Waals surface area contributed by atoms with E-state index in [0.29, 0.717) is 5.56 Å². The molecule has 0 spiro atoms. The van der Waals surface area contributed by atoms with E-state index < -0.39 is 16.5 Å². The van der Waals surface area contributed by atoms with Crippen molar-refractivity contribution in [3.05, 3.63) is 57.6 Å². The second-order valence-electron chi connectivity index (χ2n) is 5.08. The molecule has 0 aliphatic carbocycles. The van der Waals surface area contributed by atoms with Crippen molar-refractivity contribution in [3.63, 3.8) is 0 Å². The molecule has 0 radical (unpaired) electrons. The Morgan fingerprint density at radius 3 is 2.30 bits per heavy atom. The number of carbonyl (C=O) groups excluding carboxylic acids is 1. The maximum absolute atomic E-state index is 12.1. The van der Waals surface area contributed by atoms with Crippen LogP contribution in [0.4, 0.5) is 0 Å². The Morgan fingerprint density at radius 1 is 1.26 bits per heavy atom. The molecule has 122 valence electrons. The molecular formula is C15H14BrCl2N3O2. The molecule has 1 aromatic heterocycles. The van der Waals surface area contributed by atoms with Crippen LogP contribution in [0.1, 0.15) is 33.2 Å². The molecule has 1 amide bonds. The molecule has 0 fully saturated rings. The fourth-order valence-electron chi connectivity index (χ4n) is 2.05. The number of nitrogens with zero attached hydrogens (tertiary/aromatic N) is 2. The zero-order chi connectivity index (χ0) is 17.2. The van der Waals surface area contributed by atoms with Crippen LogP contribution in [-0.2, 0) is 0 Å². The van der Waals surface area contributed by atoms with E-state index in [1.807, 2.05) is 13.8 Å². The molecule has 2 aromatic rings. The Labute approximate surface area is 152 Å². The number of rotatable bonds is 4. The number of aliphatic hydroxyl groups is 1. The fraction of sp³-hybridized carbons (Fsp3) is 0.267. The maximum atomic E-state index is 12.1. The van der Waals surface area contributed by atoms with Gasteiger partial charge >= 0.3 is 0 Å². The van der Waals surface area contributed by atoms with Crippen molar-refractivity contribution in [2.75, 3.05) is 0 Å². The number of hydrogen-bond acceptors (Lipinski definition) is 4. The number of nitrogens with one attached hydrogen (secondary N) is 1. The first kappa shape index (κ1) is 18.1. The monoisotopic (exact) mass is 417 g/mol. The molecule has 8 heteroatoms. The van der Waals surface area contributed by atoms with Gasteiger partial charge in [0.1, 0.15) is 12.4 Å². The van der Waals surface area contributed by atoms with Crippen molar-refractivity contribution in [3.8, 4) is 0 Å². The molecule has 0 aliphatic rings. The number of carbonyl (C=O) groups is 1. The summed E-state index contributed by atoms with van der Waals surface area (Å²) in [5.74, 6) is -0.583. The lowest BCUT2D eigenvalue weighted by molar-refractivity contribution is 0.0866. The summed E-state index contributed by atoms with van der Waals surface area (Å²) in [5, 5.41) is 12.8. The molecule has 1 unspecified atom stereocenters. The molecule has 2 N–H and O–H groups in total. The molecule has 0 bridgehead atoms. The number of amides is 1. The standard InChI is InChI=1S/C15H14BrCl2N3O2/c1-8-3-10(4-9(2)12(8)16)13(22)15(17,18)21-14(23)11-5-19-7-20-6-11/h3-7,13,22H,1-2H3,(H,21,23). The Morgan fingerprint density at radius 2 is 1.78 bits per heavy atom. The van der Waals surface area contributed by atoms with Crippen molar-refractivity contribution in [1.82, 2.24) is 15.3 Å². The van der Waals surface area contributed by atoms with Crippen LogP contribution in [-0.4, -0.2) is 25.4 Å². The summed E-state index contributed by atoms with van der Waals surface area (Å²) < 4.78 is -0.965. The van der Waals surface area contributed by atoms with E-state index in [9.17, 15) is 9.90 Å². The highest BCUT2D eigenvalue weighted by atomic mass is 79.9. The van der Waals surface area contributed by atoms with Crippen LogP contribution < -0.4 is 5.32 Å². The summed E-state index contributed by atoms with van der Waals surface area (Å²) in [6, 6.07) is 3.50. The first-order valence-corrected chi connectivity index (χ1v) is 8.17. The number of benzene rings is 1. The quantitative estimate of drug-likeness (QED) is 0.588. The second kappa shape index (κ2) is 7.13. The van der Waals surface area contributed by atoms with E-state index in [-0.39, 0.29) is 5.56 Å². The summed E-state index contributed by atoms with van der Waals surface area (Å²) in [4.78, 5) is 19.6. The van der Waals surface area contributed by atoms with E-state index in [0.717, 1.165) is 15.6 Å². The van der Waals surface area contributed by atoms with Crippen LogP contribution in [0.25, 0.3) is 0 Å². The van der Waals surface area contributed by atoms with Crippen LogP contribution in [0, 0.1) is 13.8 Å². The van der Waals surface area contributed by atoms with Crippen molar-refractivity contribution >= 4 is 45.0 Å². The number of alkyl halides is 2. The molecule has 0 saturated carbocycles. The van der Waals surface area contributed by atoms with Crippen molar-refractivity contribution in [1.29, 1.82) is 0 Å². The molecule has 5 nitrogen and oxygen atoms in total. The van der Waals surface area contributed by atoms with Crippen molar-refractivity contribution in [2.24, 2.45) is 0 Å². The van der Waals surface area contributed by atoms with Gasteiger partial charge in [-0.25, -0.2) is 9.97 Å². The molecule has 2 rings (SSSR count). The van der Waals surface area contributed by atoms with E-state index in [2.05, 4.69) is 31.2 Å². The third-order valence-electron chi connectivity index (χ3n) is 3.22. The van der Waals surface area contributed by atoms with E-state index in [1.54, 1.807) is 12.1 Å². The third kappa shape index (κ3) is 4.20. The summed E-state index contributed by atoms with van der Waals surface area (Å²) in [7, 11) is 0. The summed E-state index contributed by atoms with van der Waals surface area (Å²) >= 11 is 15.7. The number of halogens is 3. The fourth-order valence-corrected chi connectivity index (χ4v) is 2.71. The summed E-state index contributed by atoms with van der Waals surface area (Å²) in [5.41, 5.74) is 2.53. The van der Waals surface area contributed by atoms with E-state index >= 15 is 0 Å². The minimum atomic E-state index is -1.90. The zero-order valence-corrected chi connectivity index (χ0v) is 15.4. The summed E-state index contributed by atoms with van der Waals surface area (Å²) in [6.07, 6.45) is 2.64. The third-order valence-corrected chi connectivity index (χ3v) is 5.07. The van der Waals surface area contributed by atoms with Crippen molar-refractivity contribution in [2.45, 2.75) is 24.4 Å². The van der Waals surface area contributed by atoms with Crippen LogP contribution >= 0.6 is 39.1 Å². The van der Waals surface area contributed by atoms with Gasteiger partial charge < -0.3 is 10.4 Å². The highest BCUT2D eigenvalue weighted by molar-refractivity contribution is 9.10. The van der Waals surface area contributed by atoms with Gasteiger partial charge in [-0.2, -0.15) is 0 Å². The Kier molecular flexibility index (Phi) is 5.62. The van der Waals surface area contributed by atoms with Crippen molar-refractivity contribution < 1.29 is 9.90 Å². The molecular weight excluding hydrogens is 405 g/mol. The van der Waals surface area contributed by atoms with Crippen LogP contribution in [0.2, 0.25) is 0 Å². The van der Waals surface area contributed by atoms with Gasteiger partial charge in [0.2, 0.25) is 4.46 Å². The smallest absolute Gasteiger partial charge is 0.256 e. The van der Waals surface area contributed by atoms with E-state index in [4.69, 9.17) is 23.2 Å². The first-order chi connectivity index (χ1) is 10.7. The second-order valence-corrected chi connectivity index (χ2v) is 7.25. The normalized spacial score (nSPS) is 12.8. The van der Waals surface area contributed by atoms with Crippen LogP contribution in [0.15, 0.2) is 35.3 Å². The number of aromatic nitrogens is 2. The van der Waals surface area contributed by atoms with Crippen LogP contribution in [0.5, 0.6) is 0 Å². The number of aryl methyl sites for hydroxylation is 2. The van der Waals surface area contributed by atoms with Gasteiger partial charge in [-0.1, -0.05) is 51.3 Å². The predicted molar refractivity (Wildman–Crippen MR) is 92.5 cm³/mol. The predicted octanol–water partition coefficient (Wildman–Crippen LogP) is 3.45. The molecule has 23 heavy (non-hydrogen) atoms. The molecule has 0 saturated heterocycles. The first-order valence-electron chi connectivity index (χ1n) is 6.62. The highest BCUT2D eigenvalue weighted by Gasteiger charge is 2.37. The molecule has 1 heterocycles. The number of hydrogen-bond donors (Lipinski definition) is 2. The van der Waals surface area contributed by atoms with Gasteiger partial charge in [0.25, 0.3) is 5.91 Å². The van der Waals surface area contributed by atoms with Gasteiger partial charge in [0.05, 0.1) is 5.56 Å². The van der Waals surface area contributed by atoms with Crippen LogP contribution in [0.3, 0.4) is 0 Å². The minimum Gasteiger partial charge on any atom is -0.383 e. The zero-order valence-electron chi connectivity index (χ0n) is 12.3.